The van der Waals surface area contributed by atoms with E-state index in [1.807, 2.05) is 30.3 Å². The SMILES string of the molecule is O=C1CCc2c1cccc2-c1ccc(Cl)cc1Cl. The zero-order chi connectivity index (χ0) is 12.7. The Morgan fingerprint density at radius 1 is 0.889 bits per heavy atom. The first-order valence-electron chi connectivity index (χ1n) is 5.77. The number of carbonyl (C=O) groups excluding carboxylic acids is 1. The van der Waals surface area contributed by atoms with Gasteiger partial charge in [-0.05, 0) is 29.7 Å². The van der Waals surface area contributed by atoms with Gasteiger partial charge in [-0.15, -0.1) is 0 Å². The summed E-state index contributed by atoms with van der Waals surface area (Å²) in [5.74, 6) is 0.219. The highest BCUT2D eigenvalue weighted by Crippen LogP contribution is 2.36. The molecule has 0 radical (unpaired) electrons. The van der Waals surface area contributed by atoms with Gasteiger partial charge in [0.2, 0.25) is 0 Å². The summed E-state index contributed by atoms with van der Waals surface area (Å²) in [6.45, 7) is 0. The molecular formula is C15H10Cl2O. The standard InChI is InChI=1S/C15H10Cl2O/c16-9-4-5-12(14(17)8-9)10-2-1-3-13-11(10)6-7-15(13)18/h1-5,8H,6-7H2. The Balaban J connectivity index is 2.22. The summed E-state index contributed by atoms with van der Waals surface area (Å²) in [5, 5.41) is 1.24. The van der Waals surface area contributed by atoms with Crippen LogP contribution in [0.2, 0.25) is 10.0 Å². The molecule has 3 rings (SSSR count). The van der Waals surface area contributed by atoms with E-state index >= 15 is 0 Å². The lowest BCUT2D eigenvalue weighted by Crippen LogP contribution is -1.92. The molecule has 1 aliphatic rings. The van der Waals surface area contributed by atoms with Gasteiger partial charge in [0.1, 0.15) is 0 Å². The average molecular weight is 277 g/mol. The smallest absolute Gasteiger partial charge is 0.163 e. The molecule has 3 heteroatoms. The largest absolute Gasteiger partial charge is 0.294 e. The van der Waals surface area contributed by atoms with E-state index in [0.29, 0.717) is 16.5 Å². The highest BCUT2D eigenvalue weighted by Gasteiger charge is 2.22. The molecule has 0 bridgehead atoms. The Bertz CT molecular complexity index is 647. The van der Waals surface area contributed by atoms with Crippen molar-refractivity contribution < 1.29 is 4.79 Å². The van der Waals surface area contributed by atoms with Gasteiger partial charge in [-0.1, -0.05) is 47.5 Å². The van der Waals surface area contributed by atoms with Gasteiger partial charge in [-0.2, -0.15) is 0 Å². The van der Waals surface area contributed by atoms with E-state index in [1.54, 1.807) is 6.07 Å². The average Bonchev–Trinajstić information content (AvgIpc) is 2.72. The Labute approximate surface area is 115 Å². The monoisotopic (exact) mass is 276 g/mol. The summed E-state index contributed by atoms with van der Waals surface area (Å²) in [6.07, 6.45) is 1.39. The van der Waals surface area contributed by atoms with Gasteiger partial charge < -0.3 is 0 Å². The number of fused-ring (bicyclic) bond motifs is 1. The third-order valence-electron chi connectivity index (χ3n) is 3.30. The summed E-state index contributed by atoms with van der Waals surface area (Å²) in [7, 11) is 0. The summed E-state index contributed by atoms with van der Waals surface area (Å²) in [4.78, 5) is 11.7. The second kappa shape index (κ2) is 4.42. The fourth-order valence-electron chi connectivity index (χ4n) is 2.45. The maximum atomic E-state index is 11.7. The highest BCUT2D eigenvalue weighted by molar-refractivity contribution is 6.36. The van der Waals surface area contributed by atoms with Gasteiger partial charge in [0.25, 0.3) is 0 Å². The van der Waals surface area contributed by atoms with E-state index in [2.05, 4.69) is 0 Å². The first-order valence-corrected chi connectivity index (χ1v) is 6.53. The van der Waals surface area contributed by atoms with Crippen molar-refractivity contribution in [3.63, 3.8) is 0 Å². The quantitative estimate of drug-likeness (QED) is 0.732. The lowest BCUT2D eigenvalue weighted by atomic mass is 9.97. The van der Waals surface area contributed by atoms with Gasteiger partial charge in [-0.3, -0.25) is 4.79 Å². The first-order chi connectivity index (χ1) is 8.66. The first kappa shape index (κ1) is 11.8. The summed E-state index contributed by atoms with van der Waals surface area (Å²) in [6, 6.07) is 11.3. The second-order valence-electron chi connectivity index (χ2n) is 4.38. The van der Waals surface area contributed by atoms with E-state index in [9.17, 15) is 4.79 Å². The summed E-state index contributed by atoms with van der Waals surface area (Å²) < 4.78 is 0. The molecule has 0 fully saturated rings. The molecule has 0 saturated carbocycles. The van der Waals surface area contributed by atoms with Gasteiger partial charge in [0.15, 0.2) is 5.78 Å². The molecule has 2 aromatic carbocycles. The summed E-state index contributed by atoms with van der Waals surface area (Å²) in [5.41, 5.74) is 3.91. The van der Waals surface area contributed by atoms with Crippen LogP contribution >= 0.6 is 23.2 Å². The van der Waals surface area contributed by atoms with E-state index in [1.165, 1.54) is 0 Å². The number of Topliss-reactive ketones (excluding diaryl/α,β-unsaturated/α-hetero) is 1. The van der Waals surface area contributed by atoms with Crippen LogP contribution in [-0.4, -0.2) is 5.78 Å². The van der Waals surface area contributed by atoms with E-state index in [0.717, 1.165) is 28.7 Å². The van der Waals surface area contributed by atoms with Crippen LogP contribution in [0.1, 0.15) is 22.3 Å². The van der Waals surface area contributed by atoms with Gasteiger partial charge >= 0.3 is 0 Å². The minimum atomic E-state index is 0.219. The van der Waals surface area contributed by atoms with Crippen molar-refractivity contribution in [3.05, 3.63) is 57.6 Å². The Kier molecular flexibility index (Phi) is 2.89. The van der Waals surface area contributed by atoms with Crippen LogP contribution in [0.25, 0.3) is 11.1 Å². The van der Waals surface area contributed by atoms with Gasteiger partial charge in [-0.25, -0.2) is 0 Å². The van der Waals surface area contributed by atoms with Crippen LogP contribution < -0.4 is 0 Å². The normalized spacial score (nSPS) is 13.8. The number of rotatable bonds is 1. The van der Waals surface area contributed by atoms with Crippen molar-refractivity contribution in [1.29, 1.82) is 0 Å². The van der Waals surface area contributed by atoms with E-state index in [-0.39, 0.29) is 5.78 Å². The molecule has 0 aliphatic heterocycles. The van der Waals surface area contributed by atoms with Crippen molar-refractivity contribution in [1.82, 2.24) is 0 Å². The summed E-state index contributed by atoms with van der Waals surface area (Å²) >= 11 is 12.1. The molecule has 18 heavy (non-hydrogen) atoms. The minimum Gasteiger partial charge on any atom is -0.294 e. The van der Waals surface area contributed by atoms with E-state index < -0.39 is 0 Å². The highest BCUT2D eigenvalue weighted by atomic mass is 35.5. The fraction of sp³-hybridized carbons (Fsp3) is 0.133. The molecule has 1 nitrogen and oxygen atoms in total. The maximum Gasteiger partial charge on any atom is 0.163 e. The number of benzene rings is 2. The van der Waals surface area contributed by atoms with E-state index in [4.69, 9.17) is 23.2 Å². The molecule has 0 unspecified atom stereocenters. The van der Waals surface area contributed by atoms with Gasteiger partial charge in [0.05, 0.1) is 0 Å². The molecule has 0 N–H and O–H groups in total. The van der Waals surface area contributed by atoms with Crippen LogP contribution in [0.5, 0.6) is 0 Å². The van der Waals surface area contributed by atoms with Crippen LogP contribution in [0.4, 0.5) is 0 Å². The van der Waals surface area contributed by atoms with Crippen LogP contribution in [-0.2, 0) is 6.42 Å². The van der Waals surface area contributed by atoms with Crippen molar-refractivity contribution in [2.75, 3.05) is 0 Å². The molecule has 0 amide bonds. The van der Waals surface area contributed by atoms with Crippen molar-refractivity contribution in [2.45, 2.75) is 12.8 Å². The molecule has 0 spiro atoms. The zero-order valence-electron chi connectivity index (χ0n) is 9.54. The molecule has 90 valence electrons. The lowest BCUT2D eigenvalue weighted by Gasteiger charge is -2.10. The lowest BCUT2D eigenvalue weighted by molar-refractivity contribution is 0.0994. The Morgan fingerprint density at radius 2 is 1.67 bits per heavy atom. The number of carbonyl (C=O) groups is 1. The van der Waals surface area contributed by atoms with Crippen LogP contribution in [0, 0.1) is 0 Å². The number of hydrogen-bond acceptors (Lipinski definition) is 1. The number of hydrogen-bond donors (Lipinski definition) is 0. The molecule has 0 aromatic heterocycles. The second-order valence-corrected chi connectivity index (χ2v) is 5.22. The fourth-order valence-corrected chi connectivity index (χ4v) is 2.96. The molecule has 0 atom stereocenters. The van der Waals surface area contributed by atoms with Crippen molar-refractivity contribution in [2.24, 2.45) is 0 Å². The zero-order valence-corrected chi connectivity index (χ0v) is 11.1. The van der Waals surface area contributed by atoms with Crippen molar-refractivity contribution in [3.8, 4) is 11.1 Å². The molecule has 0 saturated heterocycles. The predicted octanol–water partition coefficient (Wildman–Crippen LogP) is 4.79. The minimum absolute atomic E-state index is 0.219. The molecule has 1 aliphatic carbocycles. The molecule has 2 aromatic rings. The topological polar surface area (TPSA) is 17.1 Å². The third-order valence-corrected chi connectivity index (χ3v) is 3.85. The van der Waals surface area contributed by atoms with Gasteiger partial charge in [0, 0.05) is 27.6 Å². The van der Waals surface area contributed by atoms with Crippen molar-refractivity contribution >= 4 is 29.0 Å². The molecule has 0 heterocycles. The number of ketones is 1. The Morgan fingerprint density at radius 3 is 2.44 bits per heavy atom. The molecular weight excluding hydrogens is 267 g/mol. The third kappa shape index (κ3) is 1.84. The number of halogens is 2. The Hall–Kier alpha value is -1.31. The maximum absolute atomic E-state index is 11.7. The van der Waals surface area contributed by atoms with Crippen LogP contribution in [0.15, 0.2) is 36.4 Å². The van der Waals surface area contributed by atoms with Crippen LogP contribution in [0.3, 0.4) is 0 Å². The predicted molar refractivity (Wildman–Crippen MR) is 74.5 cm³/mol.